The van der Waals surface area contributed by atoms with E-state index in [1.807, 2.05) is 24.3 Å². The van der Waals surface area contributed by atoms with Crippen LogP contribution in [-0.2, 0) is 66.3 Å². The Morgan fingerprint density at radius 3 is 1.10 bits per heavy atom. The maximum atomic E-state index is 13.3. The molecule has 2 unspecified atom stereocenters. The standard InChI is InChI=1S/C52H44N2O12P2/c1-63-67(59,60)33-47-27-46-32-66-52(58)42-25-17-38(18-26-42)10-8-36-13-21-40(22-14-36)50(56)54-30-44-6-4-3-5-43(44)29-53-49(55)39-19-11-35(12-20-39)7-9-37-15-23-41(24-16-37)51(57)65-31-45(47)28-48(46)34-68(61,62)64-2/h3-6,11-28H,29-34H2,1-2H3,(H,53,55)(H,54,56)(H,59,60)(H,61,62). The van der Waals surface area contributed by atoms with Crippen molar-refractivity contribution in [1.29, 1.82) is 0 Å². The third-order valence-corrected chi connectivity index (χ3v) is 13.4. The lowest BCUT2D eigenvalue weighted by atomic mass is 10.0. The second-order valence-corrected chi connectivity index (χ2v) is 19.4. The van der Waals surface area contributed by atoms with Gasteiger partial charge >= 0.3 is 27.1 Å². The van der Waals surface area contributed by atoms with Crippen molar-refractivity contribution in [3.05, 3.63) is 211 Å². The second kappa shape index (κ2) is 21.9. The summed E-state index contributed by atoms with van der Waals surface area (Å²) < 4.78 is 46.7. The molecule has 14 nitrogen and oxygen atoms in total. The zero-order valence-corrected chi connectivity index (χ0v) is 38.6. The van der Waals surface area contributed by atoms with E-state index in [9.17, 15) is 38.1 Å². The number of carbonyl (C=O) groups is 4. The SMILES string of the molecule is COP(=O)(O)Cc1cc2c(CP(=O)(O)OC)cc1COC(=O)c1ccc(cc1)C#Cc1ccc(cc1)C(=O)NCc1ccccc1CNC(=O)c1ccc(cc1)C#Cc1ccc(cc1)C(=O)OC2. The molecule has 0 fully saturated rings. The molecule has 6 aromatic rings. The van der Waals surface area contributed by atoms with Crippen LogP contribution in [0, 0.1) is 23.7 Å². The van der Waals surface area contributed by atoms with Crippen molar-refractivity contribution in [2.75, 3.05) is 14.2 Å². The molecular formula is C52H44N2O12P2. The number of rotatable bonds is 6. The van der Waals surface area contributed by atoms with E-state index in [1.165, 1.54) is 36.4 Å². The summed E-state index contributed by atoms with van der Waals surface area (Å²) in [6.45, 7) is -0.352. The quantitative estimate of drug-likeness (QED) is 0.0712. The Labute approximate surface area is 392 Å². The Kier molecular flexibility index (Phi) is 15.7. The number of amides is 2. The molecule has 2 atom stereocenters. The van der Waals surface area contributed by atoms with Gasteiger partial charge in [-0.25, -0.2) is 9.59 Å². The van der Waals surface area contributed by atoms with Crippen LogP contribution in [0.25, 0.3) is 0 Å². The molecule has 6 aromatic carbocycles. The first-order valence-corrected chi connectivity index (χ1v) is 24.5. The van der Waals surface area contributed by atoms with Gasteiger partial charge in [0.1, 0.15) is 13.2 Å². The molecule has 344 valence electrons. The summed E-state index contributed by atoms with van der Waals surface area (Å²) in [5.41, 5.74) is 6.23. The molecule has 4 N–H and O–H groups in total. The van der Waals surface area contributed by atoms with Crippen molar-refractivity contribution in [2.45, 2.75) is 38.6 Å². The van der Waals surface area contributed by atoms with Crippen LogP contribution >= 0.6 is 15.2 Å². The fourth-order valence-corrected chi connectivity index (χ4v) is 8.61. The van der Waals surface area contributed by atoms with Crippen LogP contribution in [0.5, 0.6) is 0 Å². The van der Waals surface area contributed by atoms with Gasteiger partial charge in [-0.3, -0.25) is 18.7 Å². The average Bonchev–Trinajstić information content (AvgIpc) is 3.35. The van der Waals surface area contributed by atoms with Crippen LogP contribution in [0.1, 0.15) is 97.1 Å². The summed E-state index contributed by atoms with van der Waals surface area (Å²) in [5.74, 6) is 10.1. The minimum atomic E-state index is -4.22. The van der Waals surface area contributed by atoms with E-state index >= 15 is 0 Å². The number of benzene rings is 6. The molecule has 12 aliphatic heterocycles. The van der Waals surface area contributed by atoms with Crippen LogP contribution in [0.3, 0.4) is 0 Å². The lowest BCUT2D eigenvalue weighted by Gasteiger charge is -2.19. The van der Waals surface area contributed by atoms with Gasteiger partial charge in [0.15, 0.2) is 0 Å². The molecule has 0 spiro atoms. The van der Waals surface area contributed by atoms with Gasteiger partial charge in [0.05, 0.1) is 23.5 Å². The maximum Gasteiger partial charge on any atom is 0.338 e. The molecule has 0 aromatic heterocycles. The van der Waals surface area contributed by atoms with E-state index in [1.54, 1.807) is 72.8 Å². The lowest BCUT2D eigenvalue weighted by molar-refractivity contribution is 0.0459. The number of hydrogen-bond donors (Lipinski definition) is 4. The summed E-state index contributed by atoms with van der Waals surface area (Å²) >= 11 is 0. The topological polar surface area (TPSA) is 204 Å². The van der Waals surface area contributed by atoms with E-state index < -0.39 is 52.7 Å². The zero-order valence-electron chi connectivity index (χ0n) is 36.8. The first-order valence-electron chi connectivity index (χ1n) is 21.0. The Morgan fingerprint density at radius 2 is 0.794 bits per heavy atom. The number of carbonyl (C=O) groups excluding carboxylic acids is 4. The number of esters is 2. The predicted molar refractivity (Wildman–Crippen MR) is 252 cm³/mol. The van der Waals surface area contributed by atoms with Crippen molar-refractivity contribution in [3.8, 4) is 23.7 Å². The fraction of sp³-hybridized carbons (Fsp3) is 0.154. The average molecular weight is 951 g/mol. The van der Waals surface area contributed by atoms with Crippen molar-refractivity contribution < 1.29 is 56.6 Å². The van der Waals surface area contributed by atoms with Gasteiger partial charge in [-0.15, -0.1) is 0 Å². The van der Waals surface area contributed by atoms with Crippen molar-refractivity contribution in [1.82, 2.24) is 10.6 Å². The van der Waals surface area contributed by atoms with Crippen molar-refractivity contribution in [2.24, 2.45) is 0 Å². The van der Waals surface area contributed by atoms with Gasteiger partial charge in [0.25, 0.3) is 11.8 Å². The first kappa shape index (κ1) is 48.6. The summed E-state index contributed by atoms with van der Waals surface area (Å²) in [4.78, 5) is 73.8. The minimum Gasteiger partial charge on any atom is -0.457 e. The fourth-order valence-electron chi connectivity index (χ4n) is 6.90. The molecule has 0 saturated carbocycles. The summed E-state index contributed by atoms with van der Waals surface area (Å²) in [5, 5.41) is 5.89. The third-order valence-electron chi connectivity index (χ3n) is 10.8. The lowest BCUT2D eigenvalue weighted by Crippen LogP contribution is -2.26. The van der Waals surface area contributed by atoms with E-state index in [0.29, 0.717) is 33.4 Å². The van der Waals surface area contributed by atoms with Gasteiger partial charge in [-0.05, 0) is 130 Å². The van der Waals surface area contributed by atoms with Gasteiger partial charge in [0, 0.05) is 60.7 Å². The van der Waals surface area contributed by atoms with Gasteiger partial charge in [0.2, 0.25) is 0 Å². The number of ether oxygens (including phenoxy) is 2. The maximum absolute atomic E-state index is 13.3. The normalized spacial score (nSPS) is 15.1. The minimum absolute atomic E-state index is 0.181. The second-order valence-electron chi connectivity index (χ2n) is 15.4. The molecule has 16 heteroatoms. The highest BCUT2D eigenvalue weighted by molar-refractivity contribution is 7.52. The molecule has 68 heavy (non-hydrogen) atoms. The van der Waals surface area contributed by atoms with Gasteiger partial charge in [-0.2, -0.15) is 0 Å². The van der Waals surface area contributed by atoms with Crippen molar-refractivity contribution in [3.63, 3.8) is 0 Å². The smallest absolute Gasteiger partial charge is 0.338 e. The molecule has 12 heterocycles. The van der Waals surface area contributed by atoms with Crippen LogP contribution in [0.2, 0.25) is 0 Å². The van der Waals surface area contributed by atoms with Gasteiger partial charge < -0.3 is 38.9 Å². The Balaban J connectivity index is 1.18. The molecule has 0 radical (unpaired) electrons. The molecular weight excluding hydrogens is 907 g/mol. The van der Waals surface area contributed by atoms with E-state index in [0.717, 1.165) is 25.3 Å². The molecule has 10 bridgehead atoms. The zero-order chi connectivity index (χ0) is 48.3. The number of hydrogen-bond acceptors (Lipinski definition) is 10. The van der Waals surface area contributed by atoms with E-state index in [4.69, 9.17) is 18.5 Å². The van der Waals surface area contributed by atoms with Crippen molar-refractivity contribution >= 4 is 38.9 Å². The monoisotopic (exact) mass is 950 g/mol. The summed E-state index contributed by atoms with van der Waals surface area (Å²) in [7, 11) is -6.30. The molecule has 18 rings (SSSR count). The van der Waals surface area contributed by atoms with Crippen LogP contribution in [0.4, 0.5) is 0 Å². The highest BCUT2D eigenvalue weighted by atomic mass is 31.2. The molecule has 0 aliphatic carbocycles. The number of nitrogens with one attached hydrogen (secondary N) is 2. The van der Waals surface area contributed by atoms with E-state index in [2.05, 4.69) is 34.3 Å². The Bertz CT molecular complexity index is 2880. The first-order chi connectivity index (χ1) is 32.7. The Hall–Kier alpha value is -7.38. The molecule has 0 saturated heterocycles. The van der Waals surface area contributed by atoms with Crippen LogP contribution in [-0.4, -0.2) is 47.8 Å². The van der Waals surface area contributed by atoms with Crippen LogP contribution < -0.4 is 10.6 Å². The molecule has 12 aliphatic rings. The summed E-state index contributed by atoms with van der Waals surface area (Å²) in [6.07, 6.45) is -1.06. The Morgan fingerprint density at radius 1 is 0.485 bits per heavy atom. The third kappa shape index (κ3) is 13.2. The van der Waals surface area contributed by atoms with Gasteiger partial charge in [-0.1, -0.05) is 60.1 Å². The highest BCUT2D eigenvalue weighted by Crippen LogP contribution is 2.48. The van der Waals surface area contributed by atoms with Crippen LogP contribution in [0.15, 0.2) is 133 Å². The highest BCUT2D eigenvalue weighted by Gasteiger charge is 2.26. The predicted octanol–water partition coefficient (Wildman–Crippen LogP) is 8.04. The largest absolute Gasteiger partial charge is 0.457 e. The molecule has 2 amide bonds. The summed E-state index contributed by atoms with van der Waals surface area (Å²) in [6, 6.07) is 36.6. The van der Waals surface area contributed by atoms with E-state index in [-0.39, 0.29) is 58.3 Å².